The van der Waals surface area contributed by atoms with Gasteiger partial charge in [0.1, 0.15) is 0 Å². The second-order valence-corrected chi connectivity index (χ2v) is 6.84. The number of benzene rings is 3. The van der Waals surface area contributed by atoms with Crippen molar-refractivity contribution in [2.24, 2.45) is 0 Å². The van der Waals surface area contributed by atoms with Crippen molar-refractivity contribution in [2.45, 2.75) is 6.92 Å². The molecular formula is C22H19BrN2O2. The molecule has 0 radical (unpaired) electrons. The van der Waals surface area contributed by atoms with Gasteiger partial charge >= 0.3 is 0 Å². The van der Waals surface area contributed by atoms with Gasteiger partial charge in [0.15, 0.2) is 0 Å². The minimum atomic E-state index is -0.220. The molecule has 136 valence electrons. The average Bonchev–Trinajstić information content (AvgIpc) is 2.70. The van der Waals surface area contributed by atoms with Gasteiger partial charge in [-0.3, -0.25) is 9.59 Å². The van der Waals surface area contributed by atoms with E-state index in [0.717, 1.165) is 10.2 Å². The number of anilines is 2. The Kier molecular flexibility index (Phi) is 6.04. The first-order valence-corrected chi connectivity index (χ1v) is 9.41. The highest BCUT2D eigenvalue weighted by Crippen LogP contribution is 2.19. The maximum Gasteiger partial charge on any atom is 0.258 e. The summed E-state index contributed by atoms with van der Waals surface area (Å²) < 4.78 is 0.909. The van der Waals surface area contributed by atoms with Crippen molar-refractivity contribution in [1.29, 1.82) is 0 Å². The molecule has 1 N–H and O–H groups in total. The summed E-state index contributed by atoms with van der Waals surface area (Å²) in [5.41, 5.74) is 2.50. The van der Waals surface area contributed by atoms with Gasteiger partial charge in [-0.1, -0.05) is 40.2 Å². The Bertz CT molecular complexity index is 940. The van der Waals surface area contributed by atoms with Gasteiger partial charge in [0.05, 0.1) is 0 Å². The fraction of sp³-hybridized carbons (Fsp3) is 0.0909. The van der Waals surface area contributed by atoms with Gasteiger partial charge in [0.25, 0.3) is 11.8 Å². The molecule has 3 aromatic carbocycles. The zero-order chi connectivity index (χ0) is 19.2. The van der Waals surface area contributed by atoms with Crippen molar-refractivity contribution in [1.82, 2.24) is 0 Å². The molecule has 0 aliphatic heterocycles. The predicted molar refractivity (Wildman–Crippen MR) is 112 cm³/mol. The maximum atomic E-state index is 12.9. The van der Waals surface area contributed by atoms with E-state index in [1.54, 1.807) is 41.3 Å². The van der Waals surface area contributed by atoms with E-state index in [1.165, 1.54) is 0 Å². The smallest absolute Gasteiger partial charge is 0.258 e. The van der Waals surface area contributed by atoms with E-state index in [2.05, 4.69) is 21.2 Å². The van der Waals surface area contributed by atoms with E-state index in [0.29, 0.717) is 23.4 Å². The largest absolute Gasteiger partial charge is 0.322 e. The molecule has 0 fully saturated rings. The molecular weight excluding hydrogens is 404 g/mol. The summed E-state index contributed by atoms with van der Waals surface area (Å²) in [6.07, 6.45) is 0. The molecule has 0 aromatic heterocycles. The molecule has 0 aliphatic carbocycles. The van der Waals surface area contributed by atoms with Crippen LogP contribution in [0.3, 0.4) is 0 Å². The molecule has 2 amide bonds. The topological polar surface area (TPSA) is 49.4 Å². The molecule has 0 saturated heterocycles. The third-order valence-electron chi connectivity index (χ3n) is 4.10. The van der Waals surface area contributed by atoms with Crippen molar-refractivity contribution >= 4 is 39.1 Å². The number of hydrogen-bond donors (Lipinski definition) is 1. The molecule has 4 nitrogen and oxygen atoms in total. The van der Waals surface area contributed by atoms with Gasteiger partial charge in [0.2, 0.25) is 0 Å². The van der Waals surface area contributed by atoms with E-state index in [-0.39, 0.29) is 11.8 Å². The molecule has 0 spiro atoms. The van der Waals surface area contributed by atoms with Crippen LogP contribution in [-0.2, 0) is 0 Å². The fourth-order valence-corrected chi connectivity index (χ4v) is 3.01. The number of para-hydroxylation sites is 1. The second kappa shape index (κ2) is 8.64. The lowest BCUT2D eigenvalue weighted by molar-refractivity contribution is 0.0985. The Morgan fingerprint density at radius 1 is 0.889 bits per heavy atom. The van der Waals surface area contributed by atoms with Crippen LogP contribution in [0.4, 0.5) is 11.4 Å². The number of nitrogens with zero attached hydrogens (tertiary/aromatic N) is 1. The number of amides is 2. The first-order valence-electron chi connectivity index (χ1n) is 8.62. The van der Waals surface area contributed by atoms with Crippen LogP contribution in [0, 0.1) is 0 Å². The highest BCUT2D eigenvalue weighted by atomic mass is 79.9. The minimum absolute atomic E-state index is 0.108. The van der Waals surface area contributed by atoms with Gasteiger partial charge < -0.3 is 10.2 Å². The molecule has 0 bridgehead atoms. The summed E-state index contributed by atoms with van der Waals surface area (Å²) in [5, 5.41) is 2.84. The number of carbonyl (C=O) groups excluding carboxylic acids is 2. The lowest BCUT2D eigenvalue weighted by atomic mass is 10.1. The second-order valence-electron chi connectivity index (χ2n) is 5.93. The molecule has 3 aromatic rings. The van der Waals surface area contributed by atoms with Crippen LogP contribution < -0.4 is 10.2 Å². The van der Waals surface area contributed by atoms with Crippen molar-refractivity contribution in [2.75, 3.05) is 16.8 Å². The SMILES string of the molecule is CCN(C(=O)c1cccc(NC(=O)c2ccc(Br)cc2)c1)c1ccccc1. The highest BCUT2D eigenvalue weighted by molar-refractivity contribution is 9.10. The molecule has 0 aliphatic rings. The Morgan fingerprint density at radius 3 is 2.26 bits per heavy atom. The summed E-state index contributed by atoms with van der Waals surface area (Å²) >= 11 is 3.35. The predicted octanol–water partition coefficient (Wildman–Crippen LogP) is 5.37. The van der Waals surface area contributed by atoms with Crippen molar-refractivity contribution in [3.63, 3.8) is 0 Å². The number of halogens is 1. The maximum absolute atomic E-state index is 12.9. The summed E-state index contributed by atoms with van der Waals surface area (Å²) in [7, 11) is 0. The van der Waals surface area contributed by atoms with Crippen LogP contribution in [0.25, 0.3) is 0 Å². The normalized spacial score (nSPS) is 10.3. The monoisotopic (exact) mass is 422 g/mol. The van der Waals surface area contributed by atoms with Crippen LogP contribution in [0.1, 0.15) is 27.6 Å². The van der Waals surface area contributed by atoms with Crippen molar-refractivity contribution in [3.8, 4) is 0 Å². The Labute approximate surface area is 167 Å². The standard InChI is InChI=1S/C22H19BrN2O2/c1-2-25(20-9-4-3-5-10-20)22(27)17-7-6-8-19(15-17)24-21(26)16-11-13-18(23)14-12-16/h3-15H,2H2,1H3,(H,24,26). The number of hydrogen-bond acceptors (Lipinski definition) is 2. The van der Waals surface area contributed by atoms with E-state index in [1.807, 2.05) is 49.4 Å². The lowest BCUT2D eigenvalue weighted by Gasteiger charge is -2.21. The van der Waals surface area contributed by atoms with Gasteiger partial charge in [-0.25, -0.2) is 0 Å². The highest BCUT2D eigenvalue weighted by Gasteiger charge is 2.16. The van der Waals surface area contributed by atoms with Crippen molar-refractivity contribution < 1.29 is 9.59 Å². The minimum Gasteiger partial charge on any atom is -0.322 e. The Morgan fingerprint density at radius 2 is 1.59 bits per heavy atom. The van der Waals surface area contributed by atoms with E-state index >= 15 is 0 Å². The summed E-state index contributed by atoms with van der Waals surface area (Å²) in [6, 6.07) is 23.6. The molecule has 0 saturated carbocycles. The van der Waals surface area contributed by atoms with Crippen molar-refractivity contribution in [3.05, 3.63) is 94.5 Å². The molecule has 27 heavy (non-hydrogen) atoms. The summed E-state index contributed by atoms with van der Waals surface area (Å²) in [6.45, 7) is 2.49. The van der Waals surface area contributed by atoms with E-state index < -0.39 is 0 Å². The first-order chi connectivity index (χ1) is 13.1. The molecule has 0 unspecified atom stereocenters. The van der Waals surface area contributed by atoms with E-state index in [9.17, 15) is 9.59 Å². The van der Waals surface area contributed by atoms with Crippen LogP contribution >= 0.6 is 15.9 Å². The zero-order valence-electron chi connectivity index (χ0n) is 14.9. The van der Waals surface area contributed by atoms with Crippen LogP contribution in [0.15, 0.2) is 83.3 Å². The summed E-state index contributed by atoms with van der Waals surface area (Å²) in [5.74, 6) is -0.328. The van der Waals surface area contributed by atoms with Gasteiger partial charge in [0, 0.05) is 33.5 Å². The number of rotatable bonds is 5. The van der Waals surface area contributed by atoms with Crippen LogP contribution in [0.2, 0.25) is 0 Å². The van der Waals surface area contributed by atoms with Gasteiger partial charge in [-0.15, -0.1) is 0 Å². The molecule has 5 heteroatoms. The quantitative estimate of drug-likeness (QED) is 0.600. The van der Waals surface area contributed by atoms with Crippen LogP contribution in [0.5, 0.6) is 0 Å². The molecule has 0 atom stereocenters. The third-order valence-corrected chi connectivity index (χ3v) is 4.63. The molecule has 0 heterocycles. The van der Waals surface area contributed by atoms with E-state index in [4.69, 9.17) is 0 Å². The third kappa shape index (κ3) is 4.63. The fourth-order valence-electron chi connectivity index (χ4n) is 2.74. The molecule has 3 rings (SSSR count). The Balaban J connectivity index is 1.79. The lowest BCUT2D eigenvalue weighted by Crippen LogP contribution is -2.30. The van der Waals surface area contributed by atoms with Gasteiger partial charge in [-0.2, -0.15) is 0 Å². The zero-order valence-corrected chi connectivity index (χ0v) is 16.4. The number of carbonyl (C=O) groups is 2. The van der Waals surface area contributed by atoms with Gasteiger partial charge in [-0.05, 0) is 61.5 Å². The Hall–Kier alpha value is -2.92. The number of nitrogens with one attached hydrogen (secondary N) is 1. The summed E-state index contributed by atoms with van der Waals surface area (Å²) in [4.78, 5) is 27.0. The average molecular weight is 423 g/mol. The van der Waals surface area contributed by atoms with Crippen LogP contribution in [-0.4, -0.2) is 18.4 Å². The first kappa shape index (κ1) is 18.9.